The Balaban J connectivity index is 2.04. The van der Waals surface area contributed by atoms with Crippen LogP contribution in [0.5, 0.6) is 5.75 Å². The van der Waals surface area contributed by atoms with Crippen LogP contribution in [0.2, 0.25) is 5.02 Å². The van der Waals surface area contributed by atoms with Crippen molar-refractivity contribution in [2.75, 3.05) is 5.88 Å². The van der Waals surface area contributed by atoms with Crippen LogP contribution in [-0.2, 0) is 6.61 Å². The van der Waals surface area contributed by atoms with E-state index in [2.05, 4.69) is 11.8 Å². The average molecular weight is 323 g/mol. The summed E-state index contributed by atoms with van der Waals surface area (Å²) in [4.78, 5) is 0. The number of rotatable bonds is 4. The first-order valence-corrected chi connectivity index (χ1v) is 7.32. The van der Waals surface area contributed by atoms with E-state index < -0.39 is 5.82 Å². The Hall–Kier alpha value is -1.69. The van der Waals surface area contributed by atoms with Crippen LogP contribution in [0.4, 0.5) is 4.39 Å². The highest BCUT2D eigenvalue weighted by atomic mass is 35.5. The highest BCUT2D eigenvalue weighted by molar-refractivity contribution is 6.31. The molecule has 0 saturated heterocycles. The first kappa shape index (κ1) is 15.7. The van der Waals surface area contributed by atoms with Gasteiger partial charge in [-0.05, 0) is 18.2 Å². The van der Waals surface area contributed by atoms with Crippen molar-refractivity contribution >= 4 is 23.2 Å². The summed E-state index contributed by atoms with van der Waals surface area (Å²) >= 11 is 11.6. The first-order chi connectivity index (χ1) is 10.2. The Bertz CT molecular complexity index is 674. The molecule has 0 unspecified atom stereocenters. The third-order valence-corrected chi connectivity index (χ3v) is 3.29. The van der Waals surface area contributed by atoms with E-state index in [1.54, 1.807) is 18.2 Å². The van der Waals surface area contributed by atoms with E-state index in [-0.39, 0.29) is 6.61 Å². The van der Waals surface area contributed by atoms with Crippen molar-refractivity contribution in [3.05, 3.63) is 64.4 Å². The van der Waals surface area contributed by atoms with Gasteiger partial charge in [0.15, 0.2) is 0 Å². The third kappa shape index (κ3) is 4.67. The van der Waals surface area contributed by atoms with Crippen LogP contribution in [0, 0.1) is 17.7 Å². The summed E-state index contributed by atoms with van der Waals surface area (Å²) in [6.07, 6.45) is 0.533. The van der Waals surface area contributed by atoms with Gasteiger partial charge in [0.25, 0.3) is 0 Å². The van der Waals surface area contributed by atoms with Gasteiger partial charge < -0.3 is 4.74 Å². The van der Waals surface area contributed by atoms with Crippen molar-refractivity contribution in [1.82, 2.24) is 0 Å². The lowest BCUT2D eigenvalue weighted by Crippen LogP contribution is -1.97. The lowest BCUT2D eigenvalue weighted by atomic mass is 10.2. The highest BCUT2D eigenvalue weighted by Gasteiger charge is 2.04. The van der Waals surface area contributed by atoms with Gasteiger partial charge in [-0.15, -0.1) is 11.6 Å². The van der Waals surface area contributed by atoms with E-state index in [9.17, 15) is 4.39 Å². The molecule has 0 heterocycles. The van der Waals surface area contributed by atoms with Crippen molar-refractivity contribution in [2.45, 2.75) is 13.0 Å². The average Bonchev–Trinajstić information content (AvgIpc) is 2.49. The summed E-state index contributed by atoms with van der Waals surface area (Å²) in [6.45, 7) is 0.288. The molecule has 0 spiro atoms. The molecule has 21 heavy (non-hydrogen) atoms. The molecule has 0 fully saturated rings. The van der Waals surface area contributed by atoms with Crippen LogP contribution >= 0.6 is 23.2 Å². The van der Waals surface area contributed by atoms with E-state index in [1.807, 2.05) is 18.2 Å². The van der Waals surface area contributed by atoms with E-state index >= 15 is 0 Å². The Morgan fingerprint density at radius 2 is 1.95 bits per heavy atom. The second kappa shape index (κ2) is 7.93. The van der Waals surface area contributed by atoms with Gasteiger partial charge >= 0.3 is 0 Å². The maximum absolute atomic E-state index is 13.8. The van der Waals surface area contributed by atoms with E-state index in [0.29, 0.717) is 28.6 Å². The van der Waals surface area contributed by atoms with Crippen molar-refractivity contribution in [3.8, 4) is 17.6 Å². The number of ether oxygens (including phenoxy) is 1. The van der Waals surface area contributed by atoms with Crippen molar-refractivity contribution in [1.29, 1.82) is 0 Å². The molecule has 0 N–H and O–H groups in total. The second-order valence-electron chi connectivity index (χ2n) is 4.26. The number of alkyl halides is 1. The lowest BCUT2D eigenvalue weighted by Gasteiger charge is -2.08. The minimum atomic E-state index is -0.409. The van der Waals surface area contributed by atoms with Gasteiger partial charge in [-0.1, -0.05) is 41.6 Å². The molecule has 2 rings (SSSR count). The third-order valence-electron chi connectivity index (χ3n) is 2.74. The predicted molar refractivity (Wildman–Crippen MR) is 84.4 cm³/mol. The van der Waals surface area contributed by atoms with Crippen LogP contribution in [0.15, 0.2) is 42.5 Å². The molecule has 0 saturated carbocycles. The standard InChI is InChI=1S/C17H13Cl2FO/c18-10-4-3-5-13-8-9-15(11-17(13)20)21-12-14-6-1-2-7-16(14)19/h1-2,6-9,11H,4,10,12H2. The maximum atomic E-state index is 13.8. The van der Waals surface area contributed by atoms with Gasteiger partial charge in [0, 0.05) is 29.0 Å². The molecule has 2 aromatic carbocycles. The first-order valence-electron chi connectivity index (χ1n) is 6.41. The molecule has 0 aromatic heterocycles. The number of benzene rings is 2. The normalized spacial score (nSPS) is 9.86. The molecule has 0 aliphatic rings. The van der Waals surface area contributed by atoms with Gasteiger partial charge in [0.2, 0.25) is 0 Å². The molecular weight excluding hydrogens is 310 g/mol. The van der Waals surface area contributed by atoms with Crippen molar-refractivity contribution in [2.24, 2.45) is 0 Å². The quantitative estimate of drug-likeness (QED) is 0.566. The molecule has 4 heteroatoms. The molecule has 0 amide bonds. The second-order valence-corrected chi connectivity index (χ2v) is 5.05. The molecule has 0 radical (unpaired) electrons. The lowest BCUT2D eigenvalue weighted by molar-refractivity contribution is 0.304. The molecule has 0 bridgehead atoms. The van der Waals surface area contributed by atoms with Gasteiger partial charge in [0.05, 0.1) is 5.56 Å². The summed E-state index contributed by atoms with van der Waals surface area (Å²) in [7, 11) is 0. The van der Waals surface area contributed by atoms with Crippen LogP contribution < -0.4 is 4.74 Å². The van der Waals surface area contributed by atoms with Gasteiger partial charge in [-0.2, -0.15) is 0 Å². The monoisotopic (exact) mass is 322 g/mol. The Labute approximate surface area is 133 Å². The fraction of sp³-hybridized carbons (Fsp3) is 0.176. The van der Waals surface area contributed by atoms with Gasteiger partial charge in [0.1, 0.15) is 18.2 Å². The van der Waals surface area contributed by atoms with Crippen LogP contribution in [0.1, 0.15) is 17.5 Å². The smallest absolute Gasteiger partial charge is 0.142 e. The number of hydrogen-bond acceptors (Lipinski definition) is 1. The topological polar surface area (TPSA) is 9.23 Å². The van der Waals surface area contributed by atoms with Crippen LogP contribution in [0.3, 0.4) is 0 Å². The molecule has 0 aliphatic carbocycles. The van der Waals surface area contributed by atoms with Crippen LogP contribution in [0.25, 0.3) is 0 Å². The minimum Gasteiger partial charge on any atom is -0.489 e. The molecule has 108 valence electrons. The van der Waals surface area contributed by atoms with Crippen molar-refractivity contribution in [3.63, 3.8) is 0 Å². The van der Waals surface area contributed by atoms with E-state index in [0.717, 1.165) is 5.56 Å². The SMILES string of the molecule is Fc1cc(OCc2ccccc2Cl)ccc1C#CCCCl. The van der Waals surface area contributed by atoms with Gasteiger partial charge in [-0.3, -0.25) is 0 Å². The zero-order valence-electron chi connectivity index (χ0n) is 11.2. The Kier molecular flexibility index (Phi) is 5.92. The highest BCUT2D eigenvalue weighted by Crippen LogP contribution is 2.20. The van der Waals surface area contributed by atoms with E-state index in [4.69, 9.17) is 27.9 Å². The minimum absolute atomic E-state index is 0.288. The molecule has 2 aromatic rings. The predicted octanol–water partition coefficient (Wildman–Crippen LogP) is 5.04. The fourth-order valence-corrected chi connectivity index (χ4v) is 1.95. The summed E-state index contributed by atoms with van der Waals surface area (Å²) in [5, 5.41) is 0.626. The Morgan fingerprint density at radius 3 is 2.67 bits per heavy atom. The number of halogens is 3. The maximum Gasteiger partial charge on any atom is 0.142 e. The molecule has 0 atom stereocenters. The molecule has 1 nitrogen and oxygen atoms in total. The zero-order chi connectivity index (χ0) is 15.1. The number of hydrogen-bond donors (Lipinski definition) is 0. The Morgan fingerprint density at radius 1 is 1.14 bits per heavy atom. The zero-order valence-corrected chi connectivity index (χ0v) is 12.7. The van der Waals surface area contributed by atoms with E-state index in [1.165, 1.54) is 6.07 Å². The molecule has 0 aliphatic heterocycles. The summed E-state index contributed by atoms with van der Waals surface area (Å²) in [5.41, 5.74) is 1.19. The van der Waals surface area contributed by atoms with Gasteiger partial charge in [-0.25, -0.2) is 4.39 Å². The molecular formula is C17H13Cl2FO. The summed E-state index contributed by atoms with van der Waals surface area (Å²) < 4.78 is 19.4. The van der Waals surface area contributed by atoms with Crippen molar-refractivity contribution < 1.29 is 9.13 Å². The summed E-state index contributed by atoms with van der Waals surface area (Å²) in [6, 6.07) is 12.0. The summed E-state index contributed by atoms with van der Waals surface area (Å²) in [5.74, 6) is 6.00. The fourth-order valence-electron chi connectivity index (χ4n) is 1.67. The van der Waals surface area contributed by atoms with Crippen LogP contribution in [-0.4, -0.2) is 5.88 Å². The largest absolute Gasteiger partial charge is 0.489 e.